The number of hydrogen-bond donors (Lipinski definition) is 1. The third-order valence-electron chi connectivity index (χ3n) is 5.02. The van der Waals surface area contributed by atoms with Gasteiger partial charge in [-0.2, -0.15) is 5.10 Å². The molecule has 1 N–H and O–H groups in total. The van der Waals surface area contributed by atoms with Crippen LogP contribution in [0.3, 0.4) is 0 Å². The first-order chi connectivity index (χ1) is 14.9. The molecule has 30 heavy (non-hydrogen) atoms. The van der Waals surface area contributed by atoms with Gasteiger partial charge in [-0.15, -0.1) is 0 Å². The van der Waals surface area contributed by atoms with Crippen molar-refractivity contribution in [1.29, 1.82) is 0 Å². The Morgan fingerprint density at radius 1 is 0.533 bits per heavy atom. The van der Waals surface area contributed by atoms with Crippen LogP contribution in [0.1, 0.15) is 0 Å². The molecule has 4 aromatic carbocycles. The summed E-state index contributed by atoms with van der Waals surface area (Å²) in [6, 6.07) is 41.4. The first kappa shape index (κ1) is 18.0. The monoisotopic (exact) mass is 387 g/mol. The topological polar surface area (TPSA) is 29.9 Å². The van der Waals surface area contributed by atoms with E-state index in [1.54, 1.807) is 0 Å². The minimum atomic E-state index is 0.959. The second-order valence-electron chi connectivity index (χ2n) is 7.10. The highest BCUT2D eigenvalue weighted by Gasteiger charge is 2.13. The number of benzene rings is 4. The predicted octanol–water partition coefficient (Wildman–Crippen LogP) is 6.95. The van der Waals surface area contributed by atoms with Crippen LogP contribution < -0.4 is 5.32 Å². The molecular weight excluding hydrogens is 366 g/mol. The van der Waals surface area contributed by atoms with Crippen molar-refractivity contribution in [3.63, 3.8) is 0 Å². The fourth-order valence-electron chi connectivity index (χ4n) is 3.52. The molecule has 0 aliphatic rings. The van der Waals surface area contributed by atoms with Crippen LogP contribution in [-0.4, -0.2) is 9.78 Å². The van der Waals surface area contributed by atoms with Crippen LogP contribution in [-0.2, 0) is 0 Å². The zero-order valence-corrected chi connectivity index (χ0v) is 16.4. The number of nitrogens with one attached hydrogen (secondary N) is 1. The molecule has 0 radical (unpaired) electrons. The molecule has 0 unspecified atom stereocenters. The quantitative estimate of drug-likeness (QED) is 0.354. The van der Waals surface area contributed by atoms with Gasteiger partial charge in [0.05, 0.1) is 17.1 Å². The summed E-state index contributed by atoms with van der Waals surface area (Å²) >= 11 is 0. The van der Waals surface area contributed by atoms with Gasteiger partial charge < -0.3 is 5.32 Å². The number of hydrogen-bond acceptors (Lipinski definition) is 2. The Labute approximate surface area is 176 Å². The zero-order chi connectivity index (χ0) is 20.2. The molecule has 144 valence electrons. The molecule has 5 aromatic rings. The Balaban J connectivity index is 1.53. The lowest BCUT2D eigenvalue weighted by molar-refractivity contribution is 0.892. The molecule has 0 aliphatic heterocycles. The standard InChI is InChI=1S/C27H21N3/c1-4-10-21(11-5-1)26-20-27(22-12-6-2-7-13-22)30(29-26)25-18-16-24(17-19-25)28-23-14-8-3-9-15-23/h1-20,28H. The van der Waals surface area contributed by atoms with Crippen LogP contribution >= 0.6 is 0 Å². The highest BCUT2D eigenvalue weighted by atomic mass is 15.3. The fourth-order valence-corrected chi connectivity index (χ4v) is 3.52. The average molecular weight is 387 g/mol. The van der Waals surface area contributed by atoms with Crippen molar-refractivity contribution in [2.24, 2.45) is 0 Å². The second kappa shape index (κ2) is 8.10. The van der Waals surface area contributed by atoms with E-state index >= 15 is 0 Å². The first-order valence-corrected chi connectivity index (χ1v) is 10.0. The summed E-state index contributed by atoms with van der Waals surface area (Å²) in [6.45, 7) is 0. The minimum absolute atomic E-state index is 0.959. The Morgan fingerprint density at radius 2 is 1.07 bits per heavy atom. The van der Waals surface area contributed by atoms with Crippen molar-refractivity contribution in [2.45, 2.75) is 0 Å². The molecule has 5 rings (SSSR count). The molecule has 0 aliphatic carbocycles. The zero-order valence-electron chi connectivity index (χ0n) is 16.4. The van der Waals surface area contributed by atoms with E-state index in [-0.39, 0.29) is 0 Å². The van der Waals surface area contributed by atoms with E-state index in [0.717, 1.165) is 39.6 Å². The summed E-state index contributed by atoms with van der Waals surface area (Å²) in [7, 11) is 0. The summed E-state index contributed by atoms with van der Waals surface area (Å²) in [5, 5.41) is 8.37. The molecule has 0 bridgehead atoms. The van der Waals surface area contributed by atoms with Gasteiger partial charge in [-0.1, -0.05) is 78.9 Å². The van der Waals surface area contributed by atoms with Gasteiger partial charge in [0.1, 0.15) is 0 Å². The van der Waals surface area contributed by atoms with E-state index in [9.17, 15) is 0 Å². The SMILES string of the molecule is c1ccc(Nc2ccc(-n3nc(-c4ccccc4)cc3-c3ccccc3)cc2)cc1. The predicted molar refractivity (Wildman–Crippen MR) is 124 cm³/mol. The Hall–Kier alpha value is -4.11. The molecule has 3 heteroatoms. The van der Waals surface area contributed by atoms with Gasteiger partial charge in [0.2, 0.25) is 0 Å². The van der Waals surface area contributed by atoms with Gasteiger partial charge in [-0.05, 0) is 42.5 Å². The molecule has 0 atom stereocenters. The summed E-state index contributed by atoms with van der Waals surface area (Å²) < 4.78 is 2.02. The number of rotatable bonds is 5. The fraction of sp³-hybridized carbons (Fsp3) is 0. The van der Waals surface area contributed by atoms with Gasteiger partial charge in [0.15, 0.2) is 0 Å². The third-order valence-corrected chi connectivity index (χ3v) is 5.02. The number of anilines is 2. The molecule has 0 saturated carbocycles. The van der Waals surface area contributed by atoms with Crippen LogP contribution in [0.5, 0.6) is 0 Å². The summed E-state index contributed by atoms with van der Waals surface area (Å²) in [5.41, 5.74) is 7.41. The lowest BCUT2D eigenvalue weighted by Gasteiger charge is -2.10. The van der Waals surface area contributed by atoms with E-state index in [2.05, 4.69) is 84.2 Å². The second-order valence-corrected chi connectivity index (χ2v) is 7.10. The highest BCUT2D eigenvalue weighted by Crippen LogP contribution is 2.29. The van der Waals surface area contributed by atoms with Gasteiger partial charge in [0, 0.05) is 22.5 Å². The highest BCUT2D eigenvalue weighted by molar-refractivity contribution is 5.71. The molecule has 0 saturated heterocycles. The summed E-state index contributed by atoms with van der Waals surface area (Å²) in [6.07, 6.45) is 0. The summed E-state index contributed by atoms with van der Waals surface area (Å²) in [5.74, 6) is 0. The maximum atomic E-state index is 4.94. The van der Waals surface area contributed by atoms with E-state index in [1.807, 2.05) is 47.1 Å². The molecule has 1 aromatic heterocycles. The lowest BCUT2D eigenvalue weighted by atomic mass is 10.1. The van der Waals surface area contributed by atoms with Crippen LogP contribution in [0.25, 0.3) is 28.2 Å². The van der Waals surface area contributed by atoms with Crippen molar-refractivity contribution < 1.29 is 0 Å². The molecular formula is C27H21N3. The molecule has 1 heterocycles. The van der Waals surface area contributed by atoms with E-state index < -0.39 is 0 Å². The summed E-state index contributed by atoms with van der Waals surface area (Å²) in [4.78, 5) is 0. The Kier molecular flexibility index (Phi) is 4.84. The molecule has 0 amide bonds. The smallest absolute Gasteiger partial charge is 0.0934 e. The van der Waals surface area contributed by atoms with Gasteiger partial charge >= 0.3 is 0 Å². The number of nitrogens with zero attached hydrogens (tertiary/aromatic N) is 2. The third kappa shape index (κ3) is 3.74. The van der Waals surface area contributed by atoms with Gasteiger partial charge in [-0.3, -0.25) is 0 Å². The van der Waals surface area contributed by atoms with E-state index in [4.69, 9.17) is 5.10 Å². The van der Waals surface area contributed by atoms with E-state index in [0.29, 0.717) is 0 Å². The maximum Gasteiger partial charge on any atom is 0.0934 e. The molecule has 3 nitrogen and oxygen atoms in total. The number of aromatic nitrogens is 2. The lowest BCUT2D eigenvalue weighted by Crippen LogP contribution is -1.99. The average Bonchev–Trinajstić information content (AvgIpc) is 3.27. The number of para-hydroxylation sites is 1. The van der Waals surface area contributed by atoms with Crippen LogP contribution in [0, 0.1) is 0 Å². The largest absolute Gasteiger partial charge is 0.356 e. The van der Waals surface area contributed by atoms with Gasteiger partial charge in [-0.25, -0.2) is 4.68 Å². The molecule has 0 spiro atoms. The minimum Gasteiger partial charge on any atom is -0.356 e. The van der Waals surface area contributed by atoms with Crippen molar-refractivity contribution in [1.82, 2.24) is 9.78 Å². The normalized spacial score (nSPS) is 10.7. The van der Waals surface area contributed by atoms with Crippen molar-refractivity contribution >= 4 is 11.4 Å². The van der Waals surface area contributed by atoms with E-state index in [1.165, 1.54) is 0 Å². The van der Waals surface area contributed by atoms with Crippen LogP contribution in [0.15, 0.2) is 121 Å². The maximum absolute atomic E-state index is 4.94. The van der Waals surface area contributed by atoms with Crippen LogP contribution in [0.4, 0.5) is 11.4 Å². The Morgan fingerprint density at radius 3 is 1.70 bits per heavy atom. The van der Waals surface area contributed by atoms with Gasteiger partial charge in [0.25, 0.3) is 0 Å². The van der Waals surface area contributed by atoms with Crippen LogP contribution in [0.2, 0.25) is 0 Å². The van der Waals surface area contributed by atoms with Crippen molar-refractivity contribution in [3.05, 3.63) is 121 Å². The first-order valence-electron chi connectivity index (χ1n) is 10.0. The van der Waals surface area contributed by atoms with Crippen molar-refractivity contribution in [3.8, 4) is 28.2 Å². The Bertz CT molecular complexity index is 1230. The van der Waals surface area contributed by atoms with Crippen molar-refractivity contribution in [2.75, 3.05) is 5.32 Å². The molecule has 0 fully saturated rings.